The number of nitrogens with zero attached hydrogens (tertiary/aromatic N) is 1. The van der Waals surface area contributed by atoms with Crippen molar-refractivity contribution in [1.29, 1.82) is 0 Å². The first-order chi connectivity index (χ1) is 30.7. The van der Waals surface area contributed by atoms with Crippen molar-refractivity contribution in [3.63, 3.8) is 0 Å². The van der Waals surface area contributed by atoms with Crippen LogP contribution in [0, 0.1) is 23.7 Å². The number of fused-ring (bicyclic) bond motifs is 2. The van der Waals surface area contributed by atoms with Gasteiger partial charge < -0.3 is 4.90 Å². The molecule has 63 heavy (non-hydrogen) atoms. The Morgan fingerprint density at radius 3 is 1.05 bits per heavy atom. The standard InChI is InChI=1S/C56H37NO4S2/c58-62(59,51-22-12-4-13-23-51)55-41-47-35-31-45(29-27-43-32-36-50(37-33-43)57(48-18-8-2-9-19-48)49-20-10-3-11-21-49)39-54(47)56(63(60,61)52-24-14-5-15-25-52)40-46-34-30-44(38-53(46)55)28-26-42-16-6-1-7-17-42/h1-25,30-41H/b46-40?,47-41?,55-41+,55-53?,56-40+,56-54?. The van der Waals surface area contributed by atoms with Gasteiger partial charge in [0.25, 0.3) is 0 Å². The van der Waals surface area contributed by atoms with Gasteiger partial charge in [0.1, 0.15) is 0 Å². The second-order valence-corrected chi connectivity index (χ2v) is 18.5. The van der Waals surface area contributed by atoms with Gasteiger partial charge in [-0.2, -0.15) is 0 Å². The highest BCUT2D eigenvalue weighted by Crippen LogP contribution is 2.41. The number of sulfone groups is 2. The molecule has 0 saturated heterocycles. The lowest BCUT2D eigenvalue weighted by atomic mass is 9.95. The van der Waals surface area contributed by atoms with E-state index in [0.29, 0.717) is 33.4 Å². The second-order valence-electron chi connectivity index (χ2n) is 14.7. The minimum atomic E-state index is -4.16. The minimum absolute atomic E-state index is 0.00963. The Hall–Kier alpha value is -7.94. The summed E-state index contributed by atoms with van der Waals surface area (Å²) < 4.78 is 58.9. The van der Waals surface area contributed by atoms with Gasteiger partial charge in [0.2, 0.25) is 19.7 Å². The summed E-state index contributed by atoms with van der Waals surface area (Å²) in [6.45, 7) is 0. The lowest BCUT2D eigenvalue weighted by Crippen LogP contribution is -2.11. The van der Waals surface area contributed by atoms with E-state index in [2.05, 4.69) is 52.8 Å². The number of anilines is 3. The fraction of sp³-hybridized carbons (Fsp3) is 0. The molecule has 9 rings (SSSR count). The molecule has 1 aliphatic carbocycles. The van der Waals surface area contributed by atoms with Gasteiger partial charge >= 0.3 is 0 Å². The molecular formula is C56H37NO4S2. The van der Waals surface area contributed by atoms with Gasteiger partial charge in [-0.1, -0.05) is 127 Å². The van der Waals surface area contributed by atoms with Crippen LogP contribution in [0.5, 0.6) is 0 Å². The summed E-state index contributed by atoms with van der Waals surface area (Å²) in [5.74, 6) is 12.8. The Morgan fingerprint density at radius 1 is 0.317 bits per heavy atom. The van der Waals surface area contributed by atoms with Gasteiger partial charge in [-0.25, -0.2) is 16.8 Å². The Kier molecular flexibility index (Phi) is 11.3. The van der Waals surface area contributed by atoms with Crippen LogP contribution in [-0.2, 0) is 19.7 Å². The van der Waals surface area contributed by atoms with Gasteiger partial charge in [0.05, 0.1) is 19.6 Å². The number of para-hydroxylation sites is 2. The maximum absolute atomic E-state index is 14.8. The maximum atomic E-state index is 14.8. The molecule has 0 radical (unpaired) electrons. The van der Waals surface area contributed by atoms with Crippen molar-refractivity contribution >= 4 is 58.7 Å². The number of benzene rings is 8. The van der Waals surface area contributed by atoms with Crippen LogP contribution >= 0.6 is 0 Å². The van der Waals surface area contributed by atoms with E-state index in [1.807, 2.05) is 91.0 Å². The Balaban J connectivity index is 1.18. The molecule has 0 atom stereocenters. The molecule has 0 aromatic heterocycles. The molecule has 0 N–H and O–H groups in total. The third-order valence-corrected chi connectivity index (χ3v) is 14.1. The normalized spacial score (nSPS) is 13.7. The van der Waals surface area contributed by atoms with E-state index >= 15 is 0 Å². The van der Waals surface area contributed by atoms with Gasteiger partial charge in [-0.3, -0.25) is 0 Å². The van der Waals surface area contributed by atoms with E-state index in [1.54, 1.807) is 109 Å². The first kappa shape index (κ1) is 40.5. The summed E-state index contributed by atoms with van der Waals surface area (Å²) in [7, 11) is -8.31. The van der Waals surface area contributed by atoms with Crippen LogP contribution in [0.2, 0.25) is 0 Å². The fourth-order valence-electron chi connectivity index (χ4n) is 7.39. The molecule has 7 heteroatoms. The van der Waals surface area contributed by atoms with Crippen LogP contribution < -0.4 is 4.90 Å². The molecule has 0 fully saturated rings. The number of hydrogen-bond acceptors (Lipinski definition) is 5. The van der Waals surface area contributed by atoms with Gasteiger partial charge in [0.15, 0.2) is 0 Å². The lowest BCUT2D eigenvalue weighted by molar-refractivity contribution is 0.604. The average Bonchev–Trinajstić information content (AvgIpc) is 3.33. The van der Waals surface area contributed by atoms with Gasteiger partial charge in [-0.15, -0.1) is 0 Å². The van der Waals surface area contributed by atoms with E-state index < -0.39 is 19.7 Å². The molecule has 1 aliphatic rings. The van der Waals surface area contributed by atoms with Crippen molar-refractivity contribution in [2.45, 2.75) is 9.79 Å². The zero-order valence-electron chi connectivity index (χ0n) is 33.8. The van der Waals surface area contributed by atoms with E-state index in [4.69, 9.17) is 0 Å². The van der Waals surface area contributed by atoms with E-state index in [1.165, 1.54) is 0 Å². The topological polar surface area (TPSA) is 71.5 Å². The highest BCUT2D eigenvalue weighted by molar-refractivity contribution is 8.01. The highest BCUT2D eigenvalue weighted by Gasteiger charge is 2.30. The quantitative estimate of drug-likeness (QED) is 0.149. The summed E-state index contributed by atoms with van der Waals surface area (Å²) in [5, 5.41) is 0. The zero-order chi connectivity index (χ0) is 43.2. The molecule has 8 aromatic rings. The Labute approximate surface area is 368 Å². The largest absolute Gasteiger partial charge is 0.311 e. The van der Waals surface area contributed by atoms with Crippen LogP contribution in [0.4, 0.5) is 17.1 Å². The molecule has 0 bridgehead atoms. The van der Waals surface area contributed by atoms with Crippen molar-refractivity contribution in [1.82, 2.24) is 0 Å². The molecule has 0 aliphatic heterocycles. The van der Waals surface area contributed by atoms with Crippen LogP contribution in [-0.4, -0.2) is 16.8 Å². The summed E-state index contributed by atoms with van der Waals surface area (Å²) in [6.07, 6.45) is 3.14. The zero-order valence-corrected chi connectivity index (χ0v) is 35.4. The summed E-state index contributed by atoms with van der Waals surface area (Å²) >= 11 is 0. The van der Waals surface area contributed by atoms with Crippen molar-refractivity contribution in [3.8, 4) is 23.7 Å². The van der Waals surface area contributed by atoms with Crippen LogP contribution in [0.1, 0.15) is 44.5 Å². The van der Waals surface area contributed by atoms with Crippen molar-refractivity contribution in [3.05, 3.63) is 257 Å². The van der Waals surface area contributed by atoms with Crippen LogP contribution in [0.3, 0.4) is 0 Å². The molecule has 302 valence electrons. The minimum Gasteiger partial charge on any atom is -0.311 e. The lowest BCUT2D eigenvalue weighted by Gasteiger charge is -2.25. The fourth-order valence-corrected chi connectivity index (χ4v) is 10.4. The van der Waals surface area contributed by atoms with Crippen LogP contribution in [0.15, 0.2) is 222 Å². The Morgan fingerprint density at radius 2 is 0.635 bits per heavy atom. The molecule has 0 unspecified atom stereocenters. The smallest absolute Gasteiger partial charge is 0.207 e. The van der Waals surface area contributed by atoms with Crippen molar-refractivity contribution < 1.29 is 16.8 Å². The van der Waals surface area contributed by atoms with Gasteiger partial charge in [0, 0.05) is 50.4 Å². The molecule has 0 amide bonds. The molecule has 0 spiro atoms. The monoisotopic (exact) mass is 851 g/mol. The Bertz CT molecular complexity index is 3340. The molecule has 0 saturated carbocycles. The summed E-state index contributed by atoms with van der Waals surface area (Å²) in [5.41, 5.74) is 7.14. The average molecular weight is 852 g/mol. The first-order valence-electron chi connectivity index (χ1n) is 20.2. The SMILES string of the molecule is O=S(=O)(/C1=C/c2ccc(C#Cc3ccccc3)cc2/C(S(=O)(=O)c2ccccc2)=C\c2ccc(C#Cc3ccc(N(c4ccccc4)c4ccccc4)cc3)cc21)c1ccccc1. The predicted molar refractivity (Wildman–Crippen MR) is 255 cm³/mol. The van der Waals surface area contributed by atoms with E-state index in [0.717, 1.165) is 28.2 Å². The first-order valence-corrected chi connectivity index (χ1v) is 23.1. The maximum Gasteiger partial charge on any atom is 0.207 e. The van der Waals surface area contributed by atoms with E-state index in [9.17, 15) is 16.8 Å². The summed E-state index contributed by atoms with van der Waals surface area (Å²) in [6, 6.07) is 64.7. The molecule has 5 nitrogen and oxygen atoms in total. The molecule has 0 heterocycles. The third kappa shape index (κ3) is 8.66. The molecule has 8 aromatic carbocycles. The number of rotatable bonds is 7. The van der Waals surface area contributed by atoms with Gasteiger partial charge in [-0.05, 0) is 132 Å². The number of hydrogen-bond donors (Lipinski definition) is 0. The van der Waals surface area contributed by atoms with E-state index in [-0.39, 0.29) is 19.6 Å². The van der Waals surface area contributed by atoms with Crippen LogP contribution in [0.25, 0.3) is 22.0 Å². The van der Waals surface area contributed by atoms with Crippen molar-refractivity contribution in [2.24, 2.45) is 0 Å². The predicted octanol–water partition coefficient (Wildman–Crippen LogP) is 12.2. The molecular weight excluding hydrogens is 815 g/mol. The second kappa shape index (κ2) is 17.6. The highest BCUT2D eigenvalue weighted by atomic mass is 32.2. The summed E-state index contributed by atoms with van der Waals surface area (Å²) in [4.78, 5) is 2.40. The van der Waals surface area contributed by atoms with Crippen molar-refractivity contribution in [2.75, 3.05) is 4.90 Å². The third-order valence-electron chi connectivity index (χ3n) is 10.5.